The fourth-order valence-corrected chi connectivity index (χ4v) is 2.58. The molecule has 0 radical (unpaired) electrons. The predicted molar refractivity (Wildman–Crippen MR) is 67.8 cm³/mol. The lowest BCUT2D eigenvalue weighted by molar-refractivity contribution is -0.103. The molecule has 0 amide bonds. The number of halogens is 2. The van der Waals surface area contributed by atoms with Gasteiger partial charge in [0.05, 0.1) is 5.60 Å². The molecule has 106 valence electrons. The number of benzene rings is 1. The third kappa shape index (κ3) is 2.94. The number of hydrogen-bond acceptors (Lipinski definition) is 3. The third-order valence-corrected chi connectivity index (χ3v) is 3.91. The quantitative estimate of drug-likeness (QED) is 0.911. The van der Waals surface area contributed by atoms with E-state index in [0.717, 1.165) is 0 Å². The van der Waals surface area contributed by atoms with Crippen LogP contribution in [0.4, 0.5) is 8.78 Å². The first-order chi connectivity index (χ1) is 9.09. The summed E-state index contributed by atoms with van der Waals surface area (Å²) in [5.41, 5.74) is 5.61. The summed E-state index contributed by atoms with van der Waals surface area (Å²) >= 11 is 0. The molecule has 1 aromatic carbocycles. The zero-order valence-corrected chi connectivity index (χ0v) is 11.0. The Morgan fingerprint density at radius 2 is 1.89 bits per heavy atom. The summed E-state index contributed by atoms with van der Waals surface area (Å²) in [6.07, 6.45) is 1.40. The number of rotatable bonds is 4. The van der Waals surface area contributed by atoms with Gasteiger partial charge in [0, 0.05) is 44.8 Å². The second-order valence-electron chi connectivity index (χ2n) is 4.89. The van der Waals surface area contributed by atoms with E-state index in [1.165, 1.54) is 18.2 Å². The van der Waals surface area contributed by atoms with Crippen LogP contribution in [0.1, 0.15) is 18.4 Å². The molecule has 2 rings (SSSR count). The van der Waals surface area contributed by atoms with Crippen LogP contribution in [0.3, 0.4) is 0 Å². The van der Waals surface area contributed by atoms with Gasteiger partial charge in [-0.1, -0.05) is 6.07 Å². The predicted octanol–water partition coefficient (Wildman–Crippen LogP) is 2.03. The van der Waals surface area contributed by atoms with Gasteiger partial charge in [-0.3, -0.25) is 0 Å². The van der Waals surface area contributed by atoms with Gasteiger partial charge >= 0.3 is 0 Å². The normalized spacial score (nSPS) is 20.2. The van der Waals surface area contributed by atoms with Gasteiger partial charge in [-0.25, -0.2) is 8.78 Å². The fraction of sp³-hybridized carbons (Fsp3) is 0.571. The molecule has 5 heteroatoms. The fourth-order valence-electron chi connectivity index (χ4n) is 2.58. The maximum absolute atomic E-state index is 13.6. The zero-order valence-electron chi connectivity index (χ0n) is 11.0. The van der Waals surface area contributed by atoms with E-state index in [-0.39, 0.29) is 12.0 Å². The van der Waals surface area contributed by atoms with Crippen LogP contribution in [0.2, 0.25) is 0 Å². The van der Waals surface area contributed by atoms with Crippen molar-refractivity contribution in [2.75, 3.05) is 20.3 Å². The van der Waals surface area contributed by atoms with Gasteiger partial charge in [-0.2, -0.15) is 0 Å². The minimum atomic E-state index is -0.563. The summed E-state index contributed by atoms with van der Waals surface area (Å²) in [6, 6.07) is 3.37. The molecule has 0 aromatic heterocycles. The molecule has 0 saturated carbocycles. The summed E-state index contributed by atoms with van der Waals surface area (Å²) in [7, 11) is 1.59. The number of methoxy groups -OCH3 is 1. The highest BCUT2D eigenvalue weighted by Gasteiger charge is 2.39. The lowest BCUT2D eigenvalue weighted by atomic mass is 9.83. The van der Waals surface area contributed by atoms with Crippen molar-refractivity contribution in [3.05, 3.63) is 35.4 Å². The van der Waals surface area contributed by atoms with Gasteiger partial charge in [0.15, 0.2) is 0 Å². The molecule has 1 heterocycles. The highest BCUT2D eigenvalue weighted by molar-refractivity contribution is 5.21. The Labute approximate surface area is 111 Å². The number of nitrogens with two attached hydrogens (primary N) is 1. The average Bonchev–Trinajstić information content (AvgIpc) is 2.43. The minimum Gasteiger partial charge on any atom is -0.381 e. The molecule has 19 heavy (non-hydrogen) atoms. The Kier molecular flexibility index (Phi) is 4.50. The van der Waals surface area contributed by atoms with Crippen molar-refractivity contribution in [2.45, 2.75) is 30.9 Å². The summed E-state index contributed by atoms with van der Waals surface area (Å²) in [4.78, 5) is 0. The first kappa shape index (κ1) is 14.4. The smallest absolute Gasteiger partial charge is 0.129 e. The molecule has 0 spiro atoms. The van der Waals surface area contributed by atoms with E-state index >= 15 is 0 Å². The molecule has 0 aliphatic carbocycles. The highest BCUT2D eigenvalue weighted by Crippen LogP contribution is 2.29. The lowest BCUT2D eigenvalue weighted by Crippen LogP contribution is -2.54. The minimum absolute atomic E-state index is 0.0258. The van der Waals surface area contributed by atoms with Crippen molar-refractivity contribution in [3.8, 4) is 0 Å². The van der Waals surface area contributed by atoms with Gasteiger partial charge in [0.1, 0.15) is 11.6 Å². The molecule has 1 fully saturated rings. The summed E-state index contributed by atoms with van der Waals surface area (Å²) in [5.74, 6) is -1.12. The molecule has 1 unspecified atom stereocenters. The number of ether oxygens (including phenoxy) is 2. The second-order valence-corrected chi connectivity index (χ2v) is 4.89. The van der Waals surface area contributed by atoms with E-state index in [1.807, 2.05) is 0 Å². The Balaban J connectivity index is 2.17. The summed E-state index contributed by atoms with van der Waals surface area (Å²) < 4.78 is 38.1. The molecule has 0 bridgehead atoms. The monoisotopic (exact) mass is 271 g/mol. The van der Waals surface area contributed by atoms with E-state index in [0.29, 0.717) is 26.1 Å². The van der Waals surface area contributed by atoms with Crippen LogP contribution in [0.15, 0.2) is 18.2 Å². The maximum Gasteiger partial charge on any atom is 0.129 e. The zero-order chi connectivity index (χ0) is 13.9. The van der Waals surface area contributed by atoms with Crippen LogP contribution in [0, 0.1) is 11.6 Å². The van der Waals surface area contributed by atoms with Crippen molar-refractivity contribution in [3.63, 3.8) is 0 Å². The van der Waals surface area contributed by atoms with Crippen molar-refractivity contribution in [2.24, 2.45) is 5.73 Å². The van der Waals surface area contributed by atoms with Crippen molar-refractivity contribution < 1.29 is 18.3 Å². The van der Waals surface area contributed by atoms with Crippen LogP contribution in [-0.2, 0) is 15.9 Å². The molecule has 1 saturated heterocycles. The van der Waals surface area contributed by atoms with Crippen LogP contribution >= 0.6 is 0 Å². The molecule has 1 aliphatic rings. The van der Waals surface area contributed by atoms with E-state index < -0.39 is 23.3 Å². The standard InChI is InChI=1S/C14H19F2NO2/c1-18-14(5-7-19-8-6-14)13(17)9-10-11(15)3-2-4-12(10)16/h2-4,13H,5-9,17H2,1H3. The lowest BCUT2D eigenvalue weighted by Gasteiger charge is -2.40. The Morgan fingerprint density at radius 1 is 1.32 bits per heavy atom. The Bertz CT molecular complexity index is 413. The van der Waals surface area contributed by atoms with Crippen LogP contribution in [0.25, 0.3) is 0 Å². The van der Waals surface area contributed by atoms with Crippen molar-refractivity contribution in [1.29, 1.82) is 0 Å². The van der Waals surface area contributed by atoms with Crippen LogP contribution in [0.5, 0.6) is 0 Å². The van der Waals surface area contributed by atoms with E-state index in [4.69, 9.17) is 15.2 Å². The molecule has 1 atom stereocenters. The average molecular weight is 271 g/mol. The van der Waals surface area contributed by atoms with Crippen LogP contribution < -0.4 is 5.73 Å². The van der Waals surface area contributed by atoms with Crippen molar-refractivity contribution in [1.82, 2.24) is 0 Å². The SMILES string of the molecule is COC1(C(N)Cc2c(F)cccc2F)CCOCC1. The first-order valence-corrected chi connectivity index (χ1v) is 6.40. The van der Waals surface area contributed by atoms with E-state index in [2.05, 4.69) is 0 Å². The molecular weight excluding hydrogens is 252 g/mol. The highest BCUT2D eigenvalue weighted by atomic mass is 19.1. The van der Waals surface area contributed by atoms with Gasteiger partial charge < -0.3 is 15.2 Å². The topological polar surface area (TPSA) is 44.5 Å². The maximum atomic E-state index is 13.6. The number of hydrogen-bond donors (Lipinski definition) is 1. The Hall–Kier alpha value is -1.04. The molecule has 3 nitrogen and oxygen atoms in total. The van der Waals surface area contributed by atoms with Gasteiger partial charge in [0.25, 0.3) is 0 Å². The molecule has 2 N–H and O–H groups in total. The molecule has 1 aliphatic heterocycles. The summed E-state index contributed by atoms with van der Waals surface area (Å²) in [6.45, 7) is 1.11. The Morgan fingerprint density at radius 3 is 2.42 bits per heavy atom. The van der Waals surface area contributed by atoms with Crippen molar-refractivity contribution >= 4 is 0 Å². The van der Waals surface area contributed by atoms with E-state index in [1.54, 1.807) is 7.11 Å². The van der Waals surface area contributed by atoms with E-state index in [9.17, 15) is 8.78 Å². The van der Waals surface area contributed by atoms with Gasteiger partial charge in [-0.05, 0) is 18.6 Å². The van der Waals surface area contributed by atoms with Crippen LogP contribution in [-0.4, -0.2) is 32.0 Å². The molecule has 1 aromatic rings. The largest absolute Gasteiger partial charge is 0.381 e. The van der Waals surface area contributed by atoms with Gasteiger partial charge in [0.2, 0.25) is 0 Å². The third-order valence-electron chi connectivity index (χ3n) is 3.91. The summed E-state index contributed by atoms with van der Waals surface area (Å²) in [5, 5.41) is 0. The first-order valence-electron chi connectivity index (χ1n) is 6.40. The second kappa shape index (κ2) is 5.94. The van der Waals surface area contributed by atoms with Gasteiger partial charge in [-0.15, -0.1) is 0 Å². The molecular formula is C14H19F2NO2.